The lowest BCUT2D eigenvalue weighted by molar-refractivity contribution is 0.569. The molecule has 0 amide bonds. The highest BCUT2D eigenvalue weighted by Gasteiger charge is 2.05. The fraction of sp³-hybridized carbons (Fsp3) is 0.250. The molecule has 2 aromatic rings. The Morgan fingerprint density at radius 3 is 2.47 bits per heavy atom. The molecular formula is C16H17BrFN. The smallest absolute Gasteiger partial charge is 0.124 e. The third-order valence-corrected chi connectivity index (χ3v) is 3.57. The van der Waals surface area contributed by atoms with Crippen molar-refractivity contribution in [1.29, 1.82) is 0 Å². The first-order valence-corrected chi connectivity index (χ1v) is 7.09. The van der Waals surface area contributed by atoms with Crippen molar-refractivity contribution >= 4 is 15.9 Å². The van der Waals surface area contributed by atoms with Crippen LogP contribution in [0.5, 0.6) is 0 Å². The summed E-state index contributed by atoms with van der Waals surface area (Å²) in [5, 5.41) is 3.40. The van der Waals surface area contributed by atoms with E-state index in [1.165, 1.54) is 17.2 Å². The van der Waals surface area contributed by atoms with Crippen LogP contribution in [0.1, 0.15) is 29.7 Å². The summed E-state index contributed by atoms with van der Waals surface area (Å²) in [5.74, 6) is -0.214. The normalized spacial score (nSPS) is 12.4. The Kier molecular flexibility index (Phi) is 4.72. The monoisotopic (exact) mass is 321 g/mol. The molecule has 1 nitrogen and oxygen atoms in total. The van der Waals surface area contributed by atoms with Gasteiger partial charge in [0.05, 0.1) is 0 Å². The van der Waals surface area contributed by atoms with E-state index in [9.17, 15) is 4.39 Å². The molecule has 0 fully saturated rings. The Morgan fingerprint density at radius 2 is 1.84 bits per heavy atom. The van der Waals surface area contributed by atoms with Crippen molar-refractivity contribution in [2.75, 3.05) is 0 Å². The minimum atomic E-state index is -0.214. The van der Waals surface area contributed by atoms with Crippen LogP contribution in [-0.4, -0.2) is 0 Å². The maximum atomic E-state index is 13.3. The second kappa shape index (κ2) is 6.31. The molecule has 2 aromatic carbocycles. The third kappa shape index (κ3) is 4.15. The van der Waals surface area contributed by atoms with Crippen molar-refractivity contribution in [3.8, 4) is 0 Å². The highest BCUT2D eigenvalue weighted by Crippen LogP contribution is 2.17. The zero-order chi connectivity index (χ0) is 13.8. The molecule has 0 heterocycles. The van der Waals surface area contributed by atoms with Gasteiger partial charge in [-0.15, -0.1) is 0 Å². The number of nitrogens with one attached hydrogen (secondary N) is 1. The van der Waals surface area contributed by atoms with Gasteiger partial charge in [-0.1, -0.05) is 45.8 Å². The highest BCUT2D eigenvalue weighted by molar-refractivity contribution is 9.10. The maximum Gasteiger partial charge on any atom is 0.124 e. The maximum absolute atomic E-state index is 13.3. The summed E-state index contributed by atoms with van der Waals surface area (Å²) < 4.78 is 14.0. The Labute approximate surface area is 122 Å². The Bertz CT molecular complexity index is 531. The summed E-state index contributed by atoms with van der Waals surface area (Å²) in [6, 6.07) is 13.6. The van der Waals surface area contributed by atoms with Crippen LogP contribution < -0.4 is 5.32 Å². The minimum Gasteiger partial charge on any atom is -0.306 e. The van der Waals surface area contributed by atoms with E-state index in [2.05, 4.69) is 59.4 Å². The van der Waals surface area contributed by atoms with Gasteiger partial charge in [0, 0.05) is 17.1 Å². The number of halogens is 2. The van der Waals surface area contributed by atoms with Gasteiger partial charge >= 0.3 is 0 Å². The predicted molar refractivity (Wildman–Crippen MR) is 80.5 cm³/mol. The van der Waals surface area contributed by atoms with Gasteiger partial charge in [0.25, 0.3) is 0 Å². The van der Waals surface area contributed by atoms with Crippen LogP contribution in [-0.2, 0) is 6.54 Å². The average Bonchev–Trinajstić information content (AvgIpc) is 2.36. The van der Waals surface area contributed by atoms with Gasteiger partial charge in [-0.3, -0.25) is 0 Å². The molecule has 100 valence electrons. The van der Waals surface area contributed by atoms with E-state index >= 15 is 0 Å². The molecule has 0 bridgehead atoms. The van der Waals surface area contributed by atoms with E-state index in [1.54, 1.807) is 6.07 Å². The lowest BCUT2D eigenvalue weighted by Gasteiger charge is -2.15. The number of rotatable bonds is 4. The second-order valence-corrected chi connectivity index (χ2v) is 5.71. The quantitative estimate of drug-likeness (QED) is 0.857. The van der Waals surface area contributed by atoms with Crippen LogP contribution in [0, 0.1) is 12.7 Å². The van der Waals surface area contributed by atoms with Crippen molar-refractivity contribution in [2.24, 2.45) is 0 Å². The van der Waals surface area contributed by atoms with E-state index in [0.29, 0.717) is 6.54 Å². The van der Waals surface area contributed by atoms with E-state index in [1.807, 2.05) is 6.07 Å². The van der Waals surface area contributed by atoms with Crippen LogP contribution >= 0.6 is 15.9 Å². The molecule has 0 spiro atoms. The van der Waals surface area contributed by atoms with Gasteiger partial charge in [-0.25, -0.2) is 4.39 Å². The van der Waals surface area contributed by atoms with Crippen molar-refractivity contribution in [2.45, 2.75) is 26.4 Å². The Hall–Kier alpha value is -1.19. The van der Waals surface area contributed by atoms with Gasteiger partial charge in [0.1, 0.15) is 5.82 Å². The van der Waals surface area contributed by atoms with Gasteiger partial charge < -0.3 is 5.32 Å². The highest BCUT2D eigenvalue weighted by atomic mass is 79.9. The Balaban J connectivity index is 1.99. The van der Waals surface area contributed by atoms with Gasteiger partial charge in [-0.2, -0.15) is 0 Å². The van der Waals surface area contributed by atoms with Gasteiger partial charge in [-0.05, 0) is 43.2 Å². The zero-order valence-corrected chi connectivity index (χ0v) is 12.7. The van der Waals surface area contributed by atoms with Gasteiger partial charge in [0.15, 0.2) is 0 Å². The minimum absolute atomic E-state index is 0.214. The predicted octanol–water partition coefficient (Wildman–Crippen LogP) is 4.75. The molecule has 3 heteroatoms. The summed E-state index contributed by atoms with van der Waals surface area (Å²) in [4.78, 5) is 0. The molecule has 0 saturated carbocycles. The fourth-order valence-electron chi connectivity index (χ4n) is 1.96. The molecule has 0 radical (unpaired) electrons. The van der Waals surface area contributed by atoms with Crippen molar-refractivity contribution in [3.63, 3.8) is 0 Å². The first-order chi connectivity index (χ1) is 9.04. The van der Waals surface area contributed by atoms with Crippen molar-refractivity contribution < 1.29 is 4.39 Å². The number of hydrogen-bond donors (Lipinski definition) is 1. The first-order valence-electron chi connectivity index (χ1n) is 6.29. The lowest BCUT2D eigenvalue weighted by atomic mass is 10.1. The van der Waals surface area contributed by atoms with E-state index in [-0.39, 0.29) is 11.9 Å². The molecule has 1 N–H and O–H groups in total. The van der Waals surface area contributed by atoms with Crippen LogP contribution in [0.2, 0.25) is 0 Å². The molecule has 0 aliphatic heterocycles. The van der Waals surface area contributed by atoms with Crippen LogP contribution in [0.3, 0.4) is 0 Å². The standard InChI is InChI=1S/C16H17BrFN/c1-11-3-5-14(6-4-11)12(2)19-10-13-7-15(17)9-16(18)8-13/h3-9,12,19H,10H2,1-2H3/t12-/m0/s1. The molecule has 1 atom stereocenters. The second-order valence-electron chi connectivity index (χ2n) is 4.79. The lowest BCUT2D eigenvalue weighted by Crippen LogP contribution is -2.18. The van der Waals surface area contributed by atoms with Crippen LogP contribution in [0.4, 0.5) is 4.39 Å². The molecule has 0 unspecified atom stereocenters. The molecule has 0 aliphatic rings. The summed E-state index contributed by atoms with van der Waals surface area (Å²) in [6.45, 7) is 4.83. The van der Waals surface area contributed by atoms with Crippen molar-refractivity contribution in [3.05, 3.63) is 69.4 Å². The number of aryl methyl sites for hydroxylation is 1. The third-order valence-electron chi connectivity index (χ3n) is 3.11. The van der Waals surface area contributed by atoms with Gasteiger partial charge in [0.2, 0.25) is 0 Å². The van der Waals surface area contributed by atoms with E-state index in [4.69, 9.17) is 0 Å². The largest absolute Gasteiger partial charge is 0.306 e. The summed E-state index contributed by atoms with van der Waals surface area (Å²) in [5.41, 5.74) is 3.43. The van der Waals surface area contributed by atoms with E-state index < -0.39 is 0 Å². The summed E-state index contributed by atoms with van der Waals surface area (Å²) >= 11 is 3.31. The number of hydrogen-bond acceptors (Lipinski definition) is 1. The Morgan fingerprint density at radius 1 is 1.16 bits per heavy atom. The molecule has 2 rings (SSSR count). The van der Waals surface area contributed by atoms with Crippen LogP contribution in [0.15, 0.2) is 46.9 Å². The molecule has 0 aromatic heterocycles. The molecule has 19 heavy (non-hydrogen) atoms. The molecular weight excluding hydrogens is 305 g/mol. The fourth-order valence-corrected chi connectivity index (χ4v) is 2.47. The van der Waals surface area contributed by atoms with Crippen LogP contribution in [0.25, 0.3) is 0 Å². The average molecular weight is 322 g/mol. The topological polar surface area (TPSA) is 12.0 Å². The SMILES string of the molecule is Cc1ccc([C@H](C)NCc2cc(F)cc(Br)c2)cc1. The van der Waals surface area contributed by atoms with E-state index in [0.717, 1.165) is 10.0 Å². The molecule has 0 aliphatic carbocycles. The summed E-state index contributed by atoms with van der Waals surface area (Å²) in [6.07, 6.45) is 0. The zero-order valence-electron chi connectivity index (χ0n) is 11.1. The molecule has 0 saturated heterocycles. The van der Waals surface area contributed by atoms with Crippen molar-refractivity contribution in [1.82, 2.24) is 5.32 Å². The summed E-state index contributed by atoms with van der Waals surface area (Å²) in [7, 11) is 0. The first kappa shape index (κ1) is 14.2. The number of benzene rings is 2.